The molecule has 6 nitrogen and oxygen atoms in total. The van der Waals surface area contributed by atoms with Crippen LogP contribution in [0.1, 0.15) is 19.4 Å². The molecule has 20 heavy (non-hydrogen) atoms. The average Bonchev–Trinajstić information content (AvgIpc) is 2.47. The van der Waals surface area contributed by atoms with E-state index < -0.39 is 4.92 Å². The Labute approximate surface area is 117 Å². The zero-order valence-electron chi connectivity index (χ0n) is 11.5. The van der Waals surface area contributed by atoms with Crippen molar-refractivity contribution in [2.24, 2.45) is 0 Å². The Morgan fingerprint density at radius 1 is 1.20 bits per heavy atom. The van der Waals surface area contributed by atoms with Crippen LogP contribution in [-0.4, -0.2) is 21.4 Å². The minimum atomic E-state index is -0.443. The summed E-state index contributed by atoms with van der Waals surface area (Å²) >= 11 is 0. The van der Waals surface area contributed by atoms with Crippen LogP contribution < -0.4 is 5.32 Å². The highest BCUT2D eigenvalue weighted by Crippen LogP contribution is 2.32. The lowest BCUT2D eigenvalue weighted by Crippen LogP contribution is -2.06. The van der Waals surface area contributed by atoms with E-state index >= 15 is 0 Å². The second-order valence-corrected chi connectivity index (χ2v) is 4.26. The largest absolute Gasteiger partial charge is 0.365 e. The van der Waals surface area contributed by atoms with E-state index in [1.54, 1.807) is 0 Å². The molecule has 6 heteroatoms. The number of anilines is 1. The van der Waals surface area contributed by atoms with Crippen LogP contribution in [0.2, 0.25) is 0 Å². The summed E-state index contributed by atoms with van der Waals surface area (Å²) in [6.07, 6.45) is 2.27. The Morgan fingerprint density at radius 3 is 2.45 bits per heavy atom. The van der Waals surface area contributed by atoms with E-state index in [2.05, 4.69) is 22.2 Å². The summed E-state index contributed by atoms with van der Waals surface area (Å²) in [6, 6.07) is 7.61. The van der Waals surface area contributed by atoms with Crippen LogP contribution in [0.25, 0.3) is 11.3 Å². The van der Waals surface area contributed by atoms with Crippen LogP contribution in [0, 0.1) is 10.1 Å². The highest BCUT2D eigenvalue weighted by molar-refractivity contribution is 5.76. The van der Waals surface area contributed by atoms with Gasteiger partial charge in [-0.1, -0.05) is 31.2 Å². The highest BCUT2D eigenvalue weighted by Gasteiger charge is 2.23. The predicted molar refractivity (Wildman–Crippen MR) is 77.7 cm³/mol. The molecule has 2 rings (SSSR count). The van der Waals surface area contributed by atoms with Crippen molar-refractivity contribution in [2.75, 3.05) is 11.9 Å². The van der Waals surface area contributed by atoms with Gasteiger partial charge in [-0.05, 0) is 18.9 Å². The van der Waals surface area contributed by atoms with Crippen LogP contribution in [0.15, 0.2) is 30.6 Å². The van der Waals surface area contributed by atoms with Gasteiger partial charge >= 0.3 is 5.69 Å². The molecule has 1 heterocycles. The van der Waals surface area contributed by atoms with Crippen LogP contribution in [0.3, 0.4) is 0 Å². The first kappa shape index (κ1) is 13.9. The van der Waals surface area contributed by atoms with E-state index in [1.807, 2.05) is 31.2 Å². The summed E-state index contributed by atoms with van der Waals surface area (Å²) in [5.74, 6) is 0.252. The minimum absolute atomic E-state index is 0.0846. The van der Waals surface area contributed by atoms with Gasteiger partial charge < -0.3 is 5.32 Å². The number of nitrogens with one attached hydrogen (secondary N) is 1. The van der Waals surface area contributed by atoms with Crippen molar-refractivity contribution in [3.63, 3.8) is 0 Å². The number of nitrogens with zero attached hydrogens (tertiary/aromatic N) is 3. The van der Waals surface area contributed by atoms with Gasteiger partial charge in [-0.15, -0.1) is 0 Å². The smallest absolute Gasteiger partial charge is 0.337 e. The monoisotopic (exact) mass is 272 g/mol. The summed E-state index contributed by atoms with van der Waals surface area (Å²) in [6.45, 7) is 4.49. The third-order valence-corrected chi connectivity index (χ3v) is 2.98. The second kappa shape index (κ2) is 6.10. The van der Waals surface area contributed by atoms with Gasteiger partial charge in [0.2, 0.25) is 5.82 Å². The second-order valence-electron chi connectivity index (χ2n) is 4.26. The molecule has 0 bridgehead atoms. The van der Waals surface area contributed by atoms with E-state index in [0.717, 1.165) is 12.0 Å². The van der Waals surface area contributed by atoms with Gasteiger partial charge in [0, 0.05) is 12.1 Å². The van der Waals surface area contributed by atoms with Gasteiger partial charge in [0.05, 0.1) is 4.92 Å². The van der Waals surface area contributed by atoms with E-state index in [9.17, 15) is 10.1 Å². The molecule has 0 atom stereocenters. The number of hydrogen-bond acceptors (Lipinski definition) is 5. The number of benzene rings is 1. The summed E-state index contributed by atoms with van der Waals surface area (Å²) < 4.78 is 0. The van der Waals surface area contributed by atoms with E-state index in [4.69, 9.17) is 0 Å². The van der Waals surface area contributed by atoms with Gasteiger partial charge in [-0.25, -0.2) is 9.97 Å². The minimum Gasteiger partial charge on any atom is -0.365 e. The van der Waals surface area contributed by atoms with Crippen LogP contribution in [0.5, 0.6) is 0 Å². The SMILES string of the molecule is CCNc1ncnc(-c2ccc(CC)cc2)c1[N+](=O)[O-]. The normalized spacial score (nSPS) is 10.3. The maximum atomic E-state index is 11.3. The summed E-state index contributed by atoms with van der Waals surface area (Å²) in [5.41, 5.74) is 2.15. The zero-order valence-corrected chi connectivity index (χ0v) is 11.5. The molecular formula is C14H16N4O2. The first-order valence-electron chi connectivity index (χ1n) is 6.50. The fourth-order valence-electron chi connectivity index (χ4n) is 1.96. The molecule has 0 radical (unpaired) electrons. The van der Waals surface area contributed by atoms with E-state index in [1.165, 1.54) is 11.9 Å². The molecule has 0 saturated carbocycles. The molecule has 104 valence electrons. The number of aromatic nitrogens is 2. The lowest BCUT2D eigenvalue weighted by Gasteiger charge is -2.07. The standard InChI is InChI=1S/C14H16N4O2/c1-3-10-5-7-11(8-6-10)12-13(18(19)20)14(15-4-2)17-9-16-12/h5-9H,3-4H2,1-2H3,(H,15,16,17). The van der Waals surface area contributed by atoms with E-state index in [0.29, 0.717) is 12.2 Å². The fraction of sp³-hybridized carbons (Fsp3) is 0.286. The Bertz CT molecular complexity index is 611. The average molecular weight is 272 g/mol. The Balaban J connectivity index is 2.54. The Hall–Kier alpha value is -2.50. The van der Waals surface area contributed by atoms with Crippen molar-refractivity contribution >= 4 is 11.5 Å². The van der Waals surface area contributed by atoms with Crippen molar-refractivity contribution in [2.45, 2.75) is 20.3 Å². The fourth-order valence-corrected chi connectivity index (χ4v) is 1.96. The highest BCUT2D eigenvalue weighted by atomic mass is 16.6. The van der Waals surface area contributed by atoms with Gasteiger partial charge in [-0.3, -0.25) is 10.1 Å². The Morgan fingerprint density at radius 2 is 1.90 bits per heavy atom. The molecule has 0 amide bonds. The number of nitro groups is 1. The summed E-state index contributed by atoms with van der Waals surface area (Å²) in [7, 11) is 0. The van der Waals surface area contributed by atoms with Crippen LogP contribution >= 0.6 is 0 Å². The van der Waals surface area contributed by atoms with Crippen LogP contribution in [-0.2, 0) is 6.42 Å². The lowest BCUT2D eigenvalue weighted by atomic mass is 10.1. The molecule has 0 unspecified atom stereocenters. The third kappa shape index (κ3) is 2.74. The van der Waals surface area contributed by atoms with Gasteiger partial charge in [0.15, 0.2) is 5.69 Å². The number of hydrogen-bond donors (Lipinski definition) is 1. The number of aryl methyl sites for hydroxylation is 1. The molecule has 2 aromatic rings. The van der Waals surface area contributed by atoms with Crippen molar-refractivity contribution < 1.29 is 4.92 Å². The molecule has 0 spiro atoms. The quantitative estimate of drug-likeness (QED) is 0.668. The number of rotatable bonds is 5. The molecule has 0 aliphatic heterocycles. The summed E-state index contributed by atoms with van der Waals surface area (Å²) in [4.78, 5) is 18.9. The molecule has 0 fully saturated rings. The van der Waals surface area contributed by atoms with Gasteiger partial charge in [-0.2, -0.15) is 0 Å². The molecule has 1 N–H and O–H groups in total. The predicted octanol–water partition coefficient (Wildman–Crippen LogP) is 3.05. The molecule has 0 aliphatic rings. The van der Waals surface area contributed by atoms with Crippen molar-refractivity contribution in [3.8, 4) is 11.3 Å². The van der Waals surface area contributed by atoms with E-state index in [-0.39, 0.29) is 11.5 Å². The van der Waals surface area contributed by atoms with Crippen molar-refractivity contribution in [3.05, 3.63) is 46.3 Å². The zero-order chi connectivity index (χ0) is 14.5. The Kier molecular flexibility index (Phi) is 4.24. The molecular weight excluding hydrogens is 256 g/mol. The van der Waals surface area contributed by atoms with Gasteiger partial charge in [0.1, 0.15) is 6.33 Å². The first-order valence-corrected chi connectivity index (χ1v) is 6.50. The van der Waals surface area contributed by atoms with Crippen LogP contribution in [0.4, 0.5) is 11.5 Å². The van der Waals surface area contributed by atoms with Crippen molar-refractivity contribution in [1.82, 2.24) is 9.97 Å². The third-order valence-electron chi connectivity index (χ3n) is 2.98. The molecule has 0 saturated heterocycles. The molecule has 1 aromatic heterocycles. The molecule has 1 aromatic carbocycles. The van der Waals surface area contributed by atoms with Crippen molar-refractivity contribution in [1.29, 1.82) is 0 Å². The first-order chi connectivity index (χ1) is 9.67. The van der Waals surface area contributed by atoms with Gasteiger partial charge in [0.25, 0.3) is 0 Å². The topological polar surface area (TPSA) is 81.0 Å². The maximum Gasteiger partial charge on any atom is 0.337 e. The molecule has 0 aliphatic carbocycles. The lowest BCUT2D eigenvalue weighted by molar-refractivity contribution is -0.383. The summed E-state index contributed by atoms with van der Waals surface area (Å²) in [5, 5.41) is 14.2. The maximum absolute atomic E-state index is 11.3.